The van der Waals surface area contributed by atoms with Crippen molar-refractivity contribution in [1.29, 1.82) is 0 Å². The van der Waals surface area contributed by atoms with Crippen molar-refractivity contribution < 1.29 is 4.74 Å². The molecule has 0 radical (unpaired) electrons. The van der Waals surface area contributed by atoms with Crippen LogP contribution in [0.4, 0.5) is 17.5 Å². The third kappa shape index (κ3) is 3.07. The van der Waals surface area contributed by atoms with E-state index >= 15 is 0 Å². The lowest BCUT2D eigenvalue weighted by molar-refractivity contribution is 0.340. The van der Waals surface area contributed by atoms with Crippen molar-refractivity contribution in [2.75, 3.05) is 17.7 Å². The maximum Gasteiger partial charge on any atom is 0.221 e. The molecule has 0 atom stereocenters. The second-order valence-corrected chi connectivity index (χ2v) is 3.39. The average Bonchev–Trinajstić information content (AvgIpc) is 2.30. The van der Waals surface area contributed by atoms with Crippen LogP contribution in [0.15, 0.2) is 36.5 Å². The molecule has 1 aromatic heterocycles. The molecule has 1 aromatic carbocycles. The normalized spacial score (nSPS) is 9.94. The van der Waals surface area contributed by atoms with Gasteiger partial charge in [0.15, 0.2) is 0 Å². The highest BCUT2D eigenvalue weighted by atomic mass is 16.5. The number of nitrogens with zero attached hydrogens (tertiary/aromatic N) is 2. The minimum atomic E-state index is 0.246. The number of nitrogen functional groups attached to an aromatic ring is 1. The summed E-state index contributed by atoms with van der Waals surface area (Å²) in [5.74, 6) is 1.72. The summed E-state index contributed by atoms with van der Waals surface area (Å²) in [6.45, 7) is 2.59. The molecule has 2 rings (SSSR count). The van der Waals surface area contributed by atoms with Crippen LogP contribution in [0.5, 0.6) is 5.75 Å². The highest BCUT2D eigenvalue weighted by Crippen LogP contribution is 2.20. The van der Waals surface area contributed by atoms with E-state index in [2.05, 4.69) is 15.3 Å². The van der Waals surface area contributed by atoms with Gasteiger partial charge in [0.2, 0.25) is 5.95 Å². The van der Waals surface area contributed by atoms with Crippen molar-refractivity contribution in [3.05, 3.63) is 36.5 Å². The van der Waals surface area contributed by atoms with Crippen LogP contribution in [0.3, 0.4) is 0 Å². The zero-order chi connectivity index (χ0) is 12.1. The quantitative estimate of drug-likeness (QED) is 0.842. The van der Waals surface area contributed by atoms with Crippen LogP contribution in [0.25, 0.3) is 0 Å². The van der Waals surface area contributed by atoms with Crippen LogP contribution >= 0.6 is 0 Å². The second kappa shape index (κ2) is 5.16. The molecule has 0 aliphatic rings. The second-order valence-electron chi connectivity index (χ2n) is 3.39. The maximum absolute atomic E-state index is 5.50. The number of aromatic nitrogens is 2. The zero-order valence-electron chi connectivity index (χ0n) is 9.55. The van der Waals surface area contributed by atoms with E-state index in [0.29, 0.717) is 12.4 Å². The molecule has 0 saturated carbocycles. The number of nitrogens with two attached hydrogens (primary N) is 1. The molecule has 0 aliphatic carbocycles. The molecule has 2 aromatic rings. The Morgan fingerprint density at radius 3 is 3.00 bits per heavy atom. The Labute approximate surface area is 99.7 Å². The maximum atomic E-state index is 5.50. The fourth-order valence-electron chi connectivity index (χ4n) is 1.42. The van der Waals surface area contributed by atoms with Gasteiger partial charge in [-0.05, 0) is 25.1 Å². The van der Waals surface area contributed by atoms with Crippen molar-refractivity contribution in [3.63, 3.8) is 0 Å². The first-order valence-electron chi connectivity index (χ1n) is 5.36. The van der Waals surface area contributed by atoms with Crippen LogP contribution < -0.4 is 15.8 Å². The van der Waals surface area contributed by atoms with Gasteiger partial charge in [-0.2, -0.15) is 4.98 Å². The summed E-state index contributed by atoms with van der Waals surface area (Å²) < 4.78 is 5.41. The van der Waals surface area contributed by atoms with Crippen LogP contribution in [-0.2, 0) is 0 Å². The number of rotatable bonds is 4. The number of ether oxygens (including phenoxy) is 1. The van der Waals surface area contributed by atoms with Gasteiger partial charge in [0.1, 0.15) is 11.6 Å². The molecule has 0 unspecified atom stereocenters. The molecule has 0 amide bonds. The minimum Gasteiger partial charge on any atom is -0.494 e. The van der Waals surface area contributed by atoms with Gasteiger partial charge in [-0.15, -0.1) is 0 Å². The highest BCUT2D eigenvalue weighted by Gasteiger charge is 1.99. The van der Waals surface area contributed by atoms with E-state index in [0.717, 1.165) is 11.4 Å². The van der Waals surface area contributed by atoms with Gasteiger partial charge in [0.25, 0.3) is 0 Å². The van der Waals surface area contributed by atoms with E-state index in [9.17, 15) is 0 Å². The Morgan fingerprint density at radius 2 is 2.24 bits per heavy atom. The van der Waals surface area contributed by atoms with Crippen molar-refractivity contribution >= 4 is 17.5 Å². The van der Waals surface area contributed by atoms with E-state index < -0.39 is 0 Å². The van der Waals surface area contributed by atoms with Gasteiger partial charge < -0.3 is 15.8 Å². The van der Waals surface area contributed by atoms with Gasteiger partial charge in [-0.25, -0.2) is 4.98 Å². The highest BCUT2D eigenvalue weighted by molar-refractivity contribution is 5.58. The summed E-state index contributed by atoms with van der Waals surface area (Å²) in [5, 5.41) is 3.13. The van der Waals surface area contributed by atoms with Gasteiger partial charge in [-0.1, -0.05) is 6.07 Å². The first-order valence-corrected chi connectivity index (χ1v) is 5.36. The van der Waals surface area contributed by atoms with Crippen molar-refractivity contribution in [2.45, 2.75) is 6.92 Å². The Kier molecular flexibility index (Phi) is 3.40. The molecule has 0 bridgehead atoms. The van der Waals surface area contributed by atoms with Crippen molar-refractivity contribution in [2.24, 2.45) is 0 Å². The van der Waals surface area contributed by atoms with E-state index in [1.807, 2.05) is 31.2 Å². The molecule has 0 spiro atoms. The minimum absolute atomic E-state index is 0.246. The van der Waals surface area contributed by atoms with Crippen molar-refractivity contribution in [1.82, 2.24) is 9.97 Å². The van der Waals surface area contributed by atoms with E-state index in [4.69, 9.17) is 10.5 Å². The molecule has 0 fully saturated rings. The van der Waals surface area contributed by atoms with E-state index in [-0.39, 0.29) is 5.95 Å². The number of nitrogens with one attached hydrogen (secondary N) is 1. The summed E-state index contributed by atoms with van der Waals surface area (Å²) in [6.07, 6.45) is 1.61. The van der Waals surface area contributed by atoms with Gasteiger partial charge in [0.05, 0.1) is 6.61 Å². The first kappa shape index (κ1) is 11.2. The summed E-state index contributed by atoms with van der Waals surface area (Å²) in [6, 6.07) is 9.41. The number of benzene rings is 1. The lowest BCUT2D eigenvalue weighted by Crippen LogP contribution is -1.99. The van der Waals surface area contributed by atoms with E-state index in [1.54, 1.807) is 12.3 Å². The topological polar surface area (TPSA) is 73.1 Å². The van der Waals surface area contributed by atoms with Crippen molar-refractivity contribution in [3.8, 4) is 5.75 Å². The Balaban J connectivity index is 2.15. The predicted octanol–water partition coefficient (Wildman–Crippen LogP) is 2.20. The van der Waals surface area contributed by atoms with Crippen LogP contribution in [0, 0.1) is 0 Å². The van der Waals surface area contributed by atoms with Crippen LogP contribution in [-0.4, -0.2) is 16.6 Å². The first-order chi connectivity index (χ1) is 8.28. The van der Waals surface area contributed by atoms with Gasteiger partial charge in [-0.3, -0.25) is 0 Å². The fourth-order valence-corrected chi connectivity index (χ4v) is 1.42. The zero-order valence-corrected chi connectivity index (χ0v) is 9.55. The van der Waals surface area contributed by atoms with E-state index in [1.165, 1.54) is 0 Å². The smallest absolute Gasteiger partial charge is 0.221 e. The number of hydrogen-bond acceptors (Lipinski definition) is 5. The molecule has 1 heterocycles. The summed E-state index contributed by atoms with van der Waals surface area (Å²) in [4.78, 5) is 7.89. The monoisotopic (exact) mass is 230 g/mol. The third-order valence-corrected chi connectivity index (χ3v) is 2.09. The molecule has 17 heavy (non-hydrogen) atoms. The van der Waals surface area contributed by atoms with Crippen LogP contribution in [0.1, 0.15) is 6.92 Å². The molecule has 0 saturated heterocycles. The Hall–Kier alpha value is -2.30. The Morgan fingerprint density at radius 1 is 1.35 bits per heavy atom. The lowest BCUT2D eigenvalue weighted by atomic mass is 10.3. The molecular formula is C12H14N4O. The molecular weight excluding hydrogens is 216 g/mol. The molecule has 5 heteroatoms. The summed E-state index contributed by atoms with van der Waals surface area (Å²) >= 11 is 0. The molecule has 3 N–H and O–H groups in total. The largest absolute Gasteiger partial charge is 0.494 e. The standard InChI is InChI=1S/C12H14N4O/c1-2-17-10-5-3-4-9(8-10)15-11-6-7-14-12(13)16-11/h3-8H,2H2,1H3,(H3,13,14,15,16). The number of hydrogen-bond donors (Lipinski definition) is 2. The SMILES string of the molecule is CCOc1cccc(Nc2ccnc(N)n2)c1. The third-order valence-electron chi connectivity index (χ3n) is 2.09. The number of anilines is 3. The molecule has 5 nitrogen and oxygen atoms in total. The van der Waals surface area contributed by atoms with Gasteiger partial charge >= 0.3 is 0 Å². The Bertz CT molecular complexity index is 501. The summed E-state index contributed by atoms with van der Waals surface area (Å²) in [5.41, 5.74) is 6.40. The average molecular weight is 230 g/mol. The predicted molar refractivity (Wildman–Crippen MR) is 67.3 cm³/mol. The van der Waals surface area contributed by atoms with Gasteiger partial charge in [0, 0.05) is 18.0 Å². The lowest BCUT2D eigenvalue weighted by Gasteiger charge is -2.08. The molecule has 88 valence electrons. The fraction of sp³-hybridized carbons (Fsp3) is 0.167. The molecule has 0 aliphatic heterocycles. The summed E-state index contributed by atoms with van der Waals surface area (Å²) in [7, 11) is 0. The van der Waals surface area contributed by atoms with Crippen LogP contribution in [0.2, 0.25) is 0 Å².